The van der Waals surface area contributed by atoms with E-state index in [1.165, 1.54) is 12.0 Å². The predicted octanol–water partition coefficient (Wildman–Crippen LogP) is 3.36. The van der Waals surface area contributed by atoms with E-state index in [2.05, 4.69) is 13.0 Å². The Balaban J connectivity index is 1.82. The van der Waals surface area contributed by atoms with Crippen LogP contribution in [0.4, 0.5) is 0 Å². The molecule has 2 aliphatic carbocycles. The van der Waals surface area contributed by atoms with E-state index < -0.39 is 5.60 Å². The van der Waals surface area contributed by atoms with Gasteiger partial charge in [-0.1, -0.05) is 18.1 Å². The van der Waals surface area contributed by atoms with Crippen molar-refractivity contribution in [2.75, 3.05) is 0 Å². The van der Waals surface area contributed by atoms with Crippen LogP contribution in [0.25, 0.3) is 11.0 Å². The second-order valence-electron chi connectivity index (χ2n) is 5.62. The summed E-state index contributed by atoms with van der Waals surface area (Å²) < 4.78 is 5.84. The quantitative estimate of drug-likeness (QED) is 0.812. The number of hydrogen-bond acceptors (Lipinski definition) is 2. The third kappa shape index (κ3) is 1.14. The normalized spacial score (nSPS) is 35.2. The van der Waals surface area contributed by atoms with Gasteiger partial charge in [-0.3, -0.25) is 0 Å². The molecule has 0 spiro atoms. The minimum atomic E-state index is -0.648. The first kappa shape index (κ1) is 9.72. The van der Waals surface area contributed by atoms with Crippen molar-refractivity contribution in [1.29, 1.82) is 0 Å². The van der Waals surface area contributed by atoms with Gasteiger partial charge in [-0.15, -0.1) is 0 Å². The largest absolute Gasteiger partial charge is 0.458 e. The molecule has 2 nitrogen and oxygen atoms in total. The number of fused-ring (bicyclic) bond motifs is 2. The van der Waals surface area contributed by atoms with Gasteiger partial charge in [0.05, 0.1) is 0 Å². The first-order valence-corrected chi connectivity index (χ1v) is 6.42. The zero-order valence-corrected chi connectivity index (χ0v) is 9.94. The Bertz CT molecular complexity index is 586. The van der Waals surface area contributed by atoms with Crippen LogP contribution < -0.4 is 0 Å². The van der Waals surface area contributed by atoms with Crippen LogP contribution in [0.1, 0.15) is 30.6 Å². The van der Waals surface area contributed by atoms with Gasteiger partial charge >= 0.3 is 0 Å². The molecule has 2 saturated carbocycles. The topological polar surface area (TPSA) is 33.4 Å². The summed E-state index contributed by atoms with van der Waals surface area (Å²) >= 11 is 0. The molecule has 4 rings (SSSR count). The Hall–Kier alpha value is -1.28. The molecule has 2 atom stereocenters. The summed E-state index contributed by atoms with van der Waals surface area (Å²) in [5.74, 6) is 1.68. The summed E-state index contributed by atoms with van der Waals surface area (Å²) in [6.45, 7) is 2.08. The molecular weight excluding hydrogens is 212 g/mol. The minimum Gasteiger partial charge on any atom is -0.458 e. The Labute approximate surface area is 100 Å². The predicted molar refractivity (Wildman–Crippen MR) is 65.7 cm³/mol. The van der Waals surface area contributed by atoms with Crippen molar-refractivity contribution < 1.29 is 9.52 Å². The molecule has 2 heteroatoms. The van der Waals surface area contributed by atoms with Crippen molar-refractivity contribution in [2.45, 2.75) is 31.8 Å². The molecule has 0 amide bonds. The standard InChI is InChI=1S/C15H16O2/c1-9-5-6-13-10(7-9)8-14(17-13)15(16)11-3-2-4-12(11)15/h5-8,11-12,16H,2-4H2,1H3. The molecule has 2 unspecified atom stereocenters. The van der Waals surface area contributed by atoms with Gasteiger partial charge in [-0.25, -0.2) is 0 Å². The molecule has 88 valence electrons. The van der Waals surface area contributed by atoms with Crippen LogP contribution in [-0.2, 0) is 5.60 Å². The third-order valence-electron chi connectivity index (χ3n) is 4.60. The molecular formula is C15H16O2. The third-order valence-corrected chi connectivity index (χ3v) is 4.60. The highest BCUT2D eigenvalue weighted by Crippen LogP contribution is 2.66. The van der Waals surface area contributed by atoms with Crippen LogP contribution in [0.15, 0.2) is 28.7 Å². The van der Waals surface area contributed by atoms with Gasteiger partial charge in [0.1, 0.15) is 16.9 Å². The van der Waals surface area contributed by atoms with E-state index in [1.54, 1.807) is 0 Å². The van der Waals surface area contributed by atoms with Crippen molar-refractivity contribution >= 4 is 11.0 Å². The lowest BCUT2D eigenvalue weighted by Gasteiger charge is -2.10. The molecule has 1 aromatic heterocycles. The molecule has 1 heterocycles. The van der Waals surface area contributed by atoms with Crippen molar-refractivity contribution in [3.63, 3.8) is 0 Å². The zero-order chi connectivity index (χ0) is 11.6. The number of hydrogen-bond donors (Lipinski definition) is 1. The van der Waals surface area contributed by atoms with Gasteiger partial charge in [0.2, 0.25) is 0 Å². The monoisotopic (exact) mass is 228 g/mol. The SMILES string of the molecule is Cc1ccc2oc(C3(O)C4CCCC43)cc2c1. The van der Waals surface area contributed by atoms with Gasteiger partial charge in [-0.05, 0) is 38.0 Å². The van der Waals surface area contributed by atoms with Crippen LogP contribution in [0.3, 0.4) is 0 Å². The maximum absolute atomic E-state index is 10.7. The van der Waals surface area contributed by atoms with E-state index in [0.717, 1.165) is 29.6 Å². The summed E-state index contributed by atoms with van der Waals surface area (Å²) in [7, 11) is 0. The van der Waals surface area contributed by atoms with Crippen LogP contribution in [0.2, 0.25) is 0 Å². The lowest BCUT2D eigenvalue weighted by molar-refractivity contribution is 0.0825. The molecule has 0 saturated heterocycles. The second-order valence-corrected chi connectivity index (χ2v) is 5.62. The zero-order valence-electron chi connectivity index (χ0n) is 9.94. The molecule has 2 aromatic rings. The number of furan rings is 1. The number of aryl methyl sites for hydroxylation is 1. The molecule has 0 aliphatic heterocycles. The number of rotatable bonds is 1. The first-order valence-electron chi connectivity index (χ1n) is 6.42. The Kier molecular flexibility index (Phi) is 1.68. The number of aliphatic hydroxyl groups is 1. The Morgan fingerprint density at radius 2 is 2.00 bits per heavy atom. The summed E-state index contributed by atoms with van der Waals surface area (Å²) in [5, 5.41) is 11.8. The van der Waals surface area contributed by atoms with E-state index in [4.69, 9.17) is 4.42 Å². The summed E-state index contributed by atoms with van der Waals surface area (Å²) in [6.07, 6.45) is 3.56. The van der Waals surface area contributed by atoms with E-state index in [9.17, 15) is 5.11 Å². The van der Waals surface area contributed by atoms with Gasteiger partial charge in [0.25, 0.3) is 0 Å². The Morgan fingerprint density at radius 3 is 2.76 bits per heavy atom. The van der Waals surface area contributed by atoms with Crippen LogP contribution >= 0.6 is 0 Å². The van der Waals surface area contributed by atoms with Crippen molar-refractivity contribution in [1.82, 2.24) is 0 Å². The van der Waals surface area contributed by atoms with Crippen molar-refractivity contribution in [3.8, 4) is 0 Å². The maximum Gasteiger partial charge on any atom is 0.137 e. The van der Waals surface area contributed by atoms with Crippen molar-refractivity contribution in [2.24, 2.45) is 11.8 Å². The molecule has 1 N–H and O–H groups in total. The highest BCUT2D eigenvalue weighted by molar-refractivity contribution is 5.79. The average Bonchev–Trinajstić information content (AvgIpc) is 2.79. The molecule has 0 bridgehead atoms. The fourth-order valence-electron chi connectivity index (χ4n) is 3.65. The lowest BCUT2D eigenvalue weighted by Crippen LogP contribution is -2.11. The molecule has 17 heavy (non-hydrogen) atoms. The summed E-state index contributed by atoms with van der Waals surface area (Å²) in [6, 6.07) is 8.19. The second kappa shape index (κ2) is 2.94. The highest BCUT2D eigenvalue weighted by atomic mass is 16.4. The van der Waals surface area contributed by atoms with E-state index >= 15 is 0 Å². The Morgan fingerprint density at radius 1 is 1.24 bits per heavy atom. The maximum atomic E-state index is 10.7. The molecule has 0 radical (unpaired) electrons. The average molecular weight is 228 g/mol. The molecule has 2 fully saturated rings. The van der Waals surface area contributed by atoms with Crippen LogP contribution in [0, 0.1) is 18.8 Å². The van der Waals surface area contributed by atoms with Crippen LogP contribution in [0.5, 0.6) is 0 Å². The van der Waals surface area contributed by atoms with Crippen LogP contribution in [-0.4, -0.2) is 5.11 Å². The van der Waals surface area contributed by atoms with E-state index in [-0.39, 0.29) is 0 Å². The van der Waals surface area contributed by atoms with Gasteiger partial charge < -0.3 is 9.52 Å². The first-order chi connectivity index (χ1) is 8.19. The smallest absolute Gasteiger partial charge is 0.137 e. The molecule has 1 aromatic carbocycles. The summed E-state index contributed by atoms with van der Waals surface area (Å²) in [4.78, 5) is 0. The number of benzene rings is 1. The van der Waals surface area contributed by atoms with Gasteiger partial charge in [0, 0.05) is 17.2 Å². The van der Waals surface area contributed by atoms with E-state index in [0.29, 0.717) is 11.8 Å². The highest BCUT2D eigenvalue weighted by Gasteiger charge is 2.68. The lowest BCUT2D eigenvalue weighted by atomic mass is 10.1. The van der Waals surface area contributed by atoms with Crippen molar-refractivity contribution in [3.05, 3.63) is 35.6 Å². The fraction of sp³-hybridized carbons (Fsp3) is 0.467. The minimum absolute atomic E-state index is 0.448. The van der Waals surface area contributed by atoms with E-state index in [1.807, 2.05) is 18.2 Å². The van der Waals surface area contributed by atoms with Gasteiger partial charge in [0.15, 0.2) is 0 Å². The van der Waals surface area contributed by atoms with Gasteiger partial charge in [-0.2, -0.15) is 0 Å². The fourth-order valence-corrected chi connectivity index (χ4v) is 3.65. The summed E-state index contributed by atoms with van der Waals surface area (Å²) in [5.41, 5.74) is 1.47. The molecule has 2 aliphatic rings.